The fourth-order valence-electron chi connectivity index (χ4n) is 3.00. The minimum atomic E-state index is -1.42. The number of hydrogen-bond donors (Lipinski definition) is 3. The van der Waals surface area contributed by atoms with Crippen molar-refractivity contribution in [1.29, 1.82) is 0 Å². The van der Waals surface area contributed by atoms with E-state index in [2.05, 4.69) is 11.7 Å². The zero-order chi connectivity index (χ0) is 20.1. The minimum absolute atomic E-state index is 0.265. The van der Waals surface area contributed by atoms with E-state index < -0.39 is 42.3 Å². The first kappa shape index (κ1) is 23.3. The lowest BCUT2D eigenvalue weighted by Crippen LogP contribution is -2.33. The molecule has 1 rings (SSSR count). The van der Waals surface area contributed by atoms with Crippen molar-refractivity contribution < 1.29 is 34.4 Å². The van der Waals surface area contributed by atoms with Crippen LogP contribution in [0.5, 0.6) is 0 Å². The van der Waals surface area contributed by atoms with Gasteiger partial charge in [-0.05, 0) is 6.42 Å². The van der Waals surface area contributed by atoms with Crippen LogP contribution in [0, 0.1) is 0 Å². The summed E-state index contributed by atoms with van der Waals surface area (Å²) >= 11 is 0. The van der Waals surface area contributed by atoms with Gasteiger partial charge in [0.2, 0.25) is 5.76 Å². The Hall–Kier alpha value is -1.76. The summed E-state index contributed by atoms with van der Waals surface area (Å²) in [5, 5.41) is 28.4. The van der Waals surface area contributed by atoms with Gasteiger partial charge in [0, 0.05) is 6.42 Å². The van der Waals surface area contributed by atoms with Crippen molar-refractivity contribution in [1.82, 2.24) is 0 Å². The Balaban J connectivity index is 1.98. The summed E-state index contributed by atoms with van der Waals surface area (Å²) in [5.41, 5.74) is 0. The van der Waals surface area contributed by atoms with E-state index in [-0.39, 0.29) is 6.42 Å². The topological polar surface area (TPSA) is 113 Å². The molecular formula is C20H34O7. The molecule has 0 fully saturated rings. The Labute approximate surface area is 161 Å². The molecule has 0 bridgehead atoms. The van der Waals surface area contributed by atoms with Crippen molar-refractivity contribution >= 4 is 11.9 Å². The number of ether oxygens (including phenoxy) is 2. The van der Waals surface area contributed by atoms with Gasteiger partial charge >= 0.3 is 11.9 Å². The maximum Gasteiger partial charge on any atom is 0.377 e. The molecule has 0 aromatic heterocycles. The molecule has 7 heteroatoms. The van der Waals surface area contributed by atoms with E-state index in [1.807, 2.05) is 0 Å². The molecule has 2 atom stereocenters. The first-order chi connectivity index (χ1) is 13.0. The predicted octanol–water partition coefficient (Wildman–Crippen LogP) is 3.84. The summed E-state index contributed by atoms with van der Waals surface area (Å²) in [6, 6.07) is 0. The molecule has 7 nitrogen and oxygen atoms in total. The van der Waals surface area contributed by atoms with Gasteiger partial charge in [-0.2, -0.15) is 0 Å². The highest BCUT2D eigenvalue weighted by molar-refractivity contribution is 5.89. The lowest BCUT2D eigenvalue weighted by molar-refractivity contribution is -0.154. The van der Waals surface area contributed by atoms with Gasteiger partial charge in [0.05, 0.1) is 0 Å². The zero-order valence-electron chi connectivity index (χ0n) is 16.3. The second kappa shape index (κ2) is 13.4. The summed E-state index contributed by atoms with van der Waals surface area (Å²) in [7, 11) is 0. The summed E-state index contributed by atoms with van der Waals surface area (Å²) in [6.45, 7) is 1.81. The van der Waals surface area contributed by atoms with Gasteiger partial charge in [-0.1, -0.05) is 71.1 Å². The van der Waals surface area contributed by atoms with E-state index in [1.54, 1.807) is 0 Å². The van der Waals surface area contributed by atoms with Gasteiger partial charge in [-0.3, -0.25) is 4.79 Å². The lowest BCUT2D eigenvalue weighted by atomic mass is 10.1. The molecule has 156 valence electrons. The van der Waals surface area contributed by atoms with Crippen molar-refractivity contribution in [2.75, 3.05) is 6.61 Å². The summed E-state index contributed by atoms with van der Waals surface area (Å²) < 4.78 is 9.53. The average molecular weight is 386 g/mol. The first-order valence-corrected chi connectivity index (χ1v) is 10.1. The number of esters is 2. The van der Waals surface area contributed by atoms with E-state index >= 15 is 0 Å². The standard InChI is InChI=1S/C20H34O7/c1-2-3-4-5-6-7-8-9-10-11-12-13-16(22)26-14-15(21)19-17(23)18(24)20(25)27-19/h15,19,21,23-24H,2-14H2,1H3/t15?,19-/m1/s1. The maximum atomic E-state index is 11.7. The second-order valence-corrected chi connectivity index (χ2v) is 7.10. The molecule has 0 radical (unpaired) electrons. The molecule has 0 saturated carbocycles. The number of cyclic esters (lactones) is 1. The van der Waals surface area contributed by atoms with E-state index in [0.29, 0.717) is 0 Å². The number of aliphatic hydroxyl groups excluding tert-OH is 3. The molecule has 27 heavy (non-hydrogen) atoms. The highest BCUT2D eigenvalue weighted by Crippen LogP contribution is 2.21. The Morgan fingerprint density at radius 1 is 1.00 bits per heavy atom. The number of carbonyl (C=O) groups is 2. The van der Waals surface area contributed by atoms with Gasteiger partial charge in [0.25, 0.3) is 0 Å². The molecule has 1 unspecified atom stereocenters. The normalized spacial score (nSPS) is 17.9. The van der Waals surface area contributed by atoms with Crippen LogP contribution >= 0.6 is 0 Å². The van der Waals surface area contributed by atoms with E-state index in [9.17, 15) is 19.8 Å². The molecular weight excluding hydrogens is 352 g/mol. The Morgan fingerprint density at radius 2 is 1.52 bits per heavy atom. The van der Waals surface area contributed by atoms with Crippen LogP contribution in [0.25, 0.3) is 0 Å². The molecule has 0 aromatic carbocycles. The van der Waals surface area contributed by atoms with Crippen LogP contribution in [0.3, 0.4) is 0 Å². The highest BCUT2D eigenvalue weighted by atomic mass is 16.6. The lowest BCUT2D eigenvalue weighted by Gasteiger charge is -2.17. The second-order valence-electron chi connectivity index (χ2n) is 7.10. The van der Waals surface area contributed by atoms with E-state index in [0.717, 1.165) is 19.3 Å². The molecule has 0 aliphatic carbocycles. The molecule has 1 aliphatic rings. The van der Waals surface area contributed by atoms with Gasteiger partial charge < -0.3 is 24.8 Å². The molecule has 0 amide bonds. The van der Waals surface area contributed by atoms with Gasteiger partial charge in [-0.25, -0.2) is 4.79 Å². The third-order valence-electron chi connectivity index (χ3n) is 4.69. The average Bonchev–Trinajstić information content (AvgIpc) is 2.91. The minimum Gasteiger partial charge on any atom is -0.505 e. The van der Waals surface area contributed by atoms with Gasteiger partial charge in [-0.15, -0.1) is 0 Å². The van der Waals surface area contributed by atoms with Crippen LogP contribution in [-0.4, -0.2) is 46.1 Å². The third-order valence-corrected chi connectivity index (χ3v) is 4.69. The highest BCUT2D eigenvalue weighted by Gasteiger charge is 2.39. The monoisotopic (exact) mass is 386 g/mol. The summed E-state index contributed by atoms with van der Waals surface area (Å²) in [6.07, 6.45) is 10.6. The Kier molecular flexibility index (Phi) is 11.6. The number of rotatable bonds is 15. The third kappa shape index (κ3) is 9.13. The van der Waals surface area contributed by atoms with Crippen LogP contribution in [-0.2, 0) is 19.1 Å². The number of hydrogen-bond acceptors (Lipinski definition) is 7. The quantitative estimate of drug-likeness (QED) is 0.289. The van der Waals surface area contributed by atoms with Crippen molar-refractivity contribution in [2.45, 2.75) is 96.2 Å². The van der Waals surface area contributed by atoms with Crippen LogP contribution in [0.1, 0.15) is 84.0 Å². The van der Waals surface area contributed by atoms with Gasteiger partial charge in [0.1, 0.15) is 12.7 Å². The largest absolute Gasteiger partial charge is 0.505 e. The fraction of sp³-hybridized carbons (Fsp3) is 0.800. The van der Waals surface area contributed by atoms with Crippen LogP contribution < -0.4 is 0 Å². The molecule has 1 heterocycles. The SMILES string of the molecule is CCCCCCCCCCCCCC(=O)OCC(O)[C@H]1OC(=O)C(O)=C1O. The molecule has 0 spiro atoms. The number of unbranched alkanes of at least 4 members (excludes halogenated alkanes) is 10. The molecule has 1 aliphatic heterocycles. The Morgan fingerprint density at radius 3 is 2.00 bits per heavy atom. The van der Waals surface area contributed by atoms with Crippen LogP contribution in [0.4, 0.5) is 0 Å². The van der Waals surface area contributed by atoms with E-state index in [1.165, 1.54) is 51.4 Å². The summed E-state index contributed by atoms with van der Waals surface area (Å²) in [4.78, 5) is 22.7. The molecule has 0 saturated heterocycles. The smallest absolute Gasteiger partial charge is 0.377 e. The zero-order valence-corrected chi connectivity index (χ0v) is 16.3. The fourth-order valence-corrected chi connectivity index (χ4v) is 3.00. The Bertz CT molecular complexity index is 487. The first-order valence-electron chi connectivity index (χ1n) is 10.1. The number of carbonyl (C=O) groups excluding carboxylic acids is 2. The summed E-state index contributed by atoms with van der Waals surface area (Å²) in [5.74, 6) is -3.22. The molecule has 3 N–H and O–H groups in total. The van der Waals surface area contributed by atoms with Crippen LogP contribution in [0.2, 0.25) is 0 Å². The predicted molar refractivity (Wildman–Crippen MR) is 100 cm³/mol. The van der Waals surface area contributed by atoms with Crippen molar-refractivity contribution in [3.63, 3.8) is 0 Å². The molecule has 0 aromatic rings. The van der Waals surface area contributed by atoms with Crippen molar-refractivity contribution in [3.8, 4) is 0 Å². The maximum absolute atomic E-state index is 11.7. The van der Waals surface area contributed by atoms with Crippen molar-refractivity contribution in [3.05, 3.63) is 11.5 Å². The number of aliphatic hydroxyl groups is 3. The van der Waals surface area contributed by atoms with Gasteiger partial charge in [0.15, 0.2) is 11.9 Å². The van der Waals surface area contributed by atoms with Crippen molar-refractivity contribution in [2.24, 2.45) is 0 Å². The van der Waals surface area contributed by atoms with E-state index in [4.69, 9.17) is 9.84 Å². The van der Waals surface area contributed by atoms with Crippen LogP contribution in [0.15, 0.2) is 11.5 Å².